The summed E-state index contributed by atoms with van der Waals surface area (Å²) in [5, 5.41) is 0.469. The number of halogens is 2. The number of fused-ring (bicyclic) bond motifs is 1. The first-order valence-corrected chi connectivity index (χ1v) is 4.33. The second-order valence-electron chi connectivity index (χ2n) is 2.62. The van der Waals surface area contributed by atoms with Gasteiger partial charge in [-0.05, 0) is 17.7 Å². The zero-order valence-electron chi connectivity index (χ0n) is 6.37. The highest BCUT2D eigenvalue weighted by molar-refractivity contribution is 6.68. The number of amides is 1. The average molecular weight is 215 g/mol. The molecule has 2 aliphatic heterocycles. The largest absolute Gasteiger partial charge is 0.271 e. The molecule has 0 aliphatic carbocycles. The van der Waals surface area contributed by atoms with Crippen molar-refractivity contribution in [3.63, 3.8) is 0 Å². The van der Waals surface area contributed by atoms with Crippen molar-refractivity contribution in [3.8, 4) is 0 Å². The molecule has 1 amide bonds. The third-order valence-electron chi connectivity index (χ3n) is 1.79. The molecule has 0 aromatic heterocycles. The van der Waals surface area contributed by atoms with Gasteiger partial charge in [0.05, 0.1) is 0 Å². The van der Waals surface area contributed by atoms with Crippen molar-refractivity contribution in [2.75, 3.05) is 0 Å². The zero-order valence-corrected chi connectivity index (χ0v) is 7.88. The molecule has 0 aromatic carbocycles. The number of carbonyl (C=O) groups is 1. The summed E-state index contributed by atoms with van der Waals surface area (Å²) < 4.78 is 0. The Morgan fingerprint density at radius 1 is 1.38 bits per heavy atom. The molecular formula is C8H4Cl2N2O. The van der Waals surface area contributed by atoms with E-state index in [4.69, 9.17) is 23.2 Å². The normalized spacial score (nSPS) is 26.2. The van der Waals surface area contributed by atoms with E-state index in [0.717, 1.165) is 5.57 Å². The first kappa shape index (κ1) is 8.66. The summed E-state index contributed by atoms with van der Waals surface area (Å²) in [6.07, 6.45) is 4.75. The van der Waals surface area contributed by atoms with Crippen molar-refractivity contribution >= 4 is 40.5 Å². The molecule has 0 fully saturated rings. The Labute approximate surface area is 84.5 Å². The molecular weight excluding hydrogens is 211 g/mol. The molecule has 0 saturated heterocycles. The van der Waals surface area contributed by atoms with Gasteiger partial charge in [0.1, 0.15) is 16.2 Å². The number of nitrogens with zero attached hydrogens (tertiary/aromatic N) is 2. The Hall–Kier alpha value is -0.930. The van der Waals surface area contributed by atoms with Crippen LogP contribution < -0.4 is 0 Å². The molecule has 2 aliphatic rings. The SMILES string of the molecule is O=C1N=CC=C2C=C(Cl)N=C(Cl)C12. The molecule has 0 saturated carbocycles. The van der Waals surface area contributed by atoms with Gasteiger partial charge in [-0.2, -0.15) is 0 Å². The lowest BCUT2D eigenvalue weighted by molar-refractivity contribution is -0.118. The Kier molecular flexibility index (Phi) is 2.06. The number of hydrogen-bond donors (Lipinski definition) is 0. The van der Waals surface area contributed by atoms with Gasteiger partial charge in [0.2, 0.25) is 0 Å². The topological polar surface area (TPSA) is 41.8 Å². The minimum atomic E-state index is -0.547. The molecule has 0 bridgehead atoms. The van der Waals surface area contributed by atoms with E-state index >= 15 is 0 Å². The molecule has 3 nitrogen and oxygen atoms in total. The average Bonchev–Trinajstić information content (AvgIpc) is 2.02. The summed E-state index contributed by atoms with van der Waals surface area (Å²) >= 11 is 11.4. The second-order valence-corrected chi connectivity index (χ2v) is 3.39. The van der Waals surface area contributed by atoms with Gasteiger partial charge in [-0.3, -0.25) is 4.79 Å². The van der Waals surface area contributed by atoms with E-state index in [1.165, 1.54) is 6.21 Å². The van der Waals surface area contributed by atoms with Crippen LogP contribution in [-0.2, 0) is 4.79 Å². The van der Waals surface area contributed by atoms with Crippen molar-refractivity contribution in [1.82, 2.24) is 0 Å². The Balaban J connectivity index is 2.50. The van der Waals surface area contributed by atoms with Crippen LogP contribution in [0, 0.1) is 5.92 Å². The lowest BCUT2D eigenvalue weighted by atomic mass is 9.96. The lowest BCUT2D eigenvalue weighted by Crippen LogP contribution is -2.25. The van der Waals surface area contributed by atoms with Crippen molar-refractivity contribution in [1.29, 1.82) is 0 Å². The first-order chi connectivity index (χ1) is 6.18. The molecule has 1 unspecified atom stereocenters. The van der Waals surface area contributed by atoms with Gasteiger partial charge in [0.25, 0.3) is 5.91 Å². The number of aliphatic imine (C=N–C) groups is 2. The number of carbonyl (C=O) groups excluding carboxylic acids is 1. The molecule has 66 valence electrons. The lowest BCUT2D eigenvalue weighted by Gasteiger charge is -2.18. The standard InChI is InChI=1S/C8H4Cl2N2O/c9-5-3-4-1-2-11-8(13)6(4)7(10)12-5/h1-3,6H. The number of allylic oxidation sites excluding steroid dienone is 2. The molecule has 5 heteroatoms. The van der Waals surface area contributed by atoms with Crippen LogP contribution in [-0.4, -0.2) is 17.3 Å². The summed E-state index contributed by atoms with van der Waals surface area (Å²) in [6, 6.07) is 0. The van der Waals surface area contributed by atoms with Crippen LogP contribution >= 0.6 is 23.2 Å². The van der Waals surface area contributed by atoms with Crippen LogP contribution in [0.1, 0.15) is 0 Å². The third kappa shape index (κ3) is 1.45. The van der Waals surface area contributed by atoms with Gasteiger partial charge >= 0.3 is 0 Å². The van der Waals surface area contributed by atoms with E-state index in [1.54, 1.807) is 12.2 Å². The summed E-state index contributed by atoms with van der Waals surface area (Å²) in [5.74, 6) is -0.846. The van der Waals surface area contributed by atoms with E-state index in [1.807, 2.05) is 0 Å². The minimum Gasteiger partial charge on any atom is -0.271 e. The fraction of sp³-hybridized carbons (Fsp3) is 0.125. The molecule has 13 heavy (non-hydrogen) atoms. The maximum atomic E-state index is 11.3. The Morgan fingerprint density at radius 2 is 2.15 bits per heavy atom. The van der Waals surface area contributed by atoms with Gasteiger partial charge in [0.15, 0.2) is 0 Å². The zero-order chi connectivity index (χ0) is 9.42. The van der Waals surface area contributed by atoms with Crippen LogP contribution in [0.2, 0.25) is 0 Å². The molecule has 0 radical (unpaired) electrons. The van der Waals surface area contributed by atoms with E-state index in [0.29, 0.717) is 0 Å². The van der Waals surface area contributed by atoms with E-state index in [9.17, 15) is 4.79 Å². The van der Waals surface area contributed by atoms with Crippen LogP contribution in [0.15, 0.2) is 32.9 Å². The minimum absolute atomic E-state index is 0.181. The smallest absolute Gasteiger partial charge is 0.260 e. The van der Waals surface area contributed by atoms with Crippen LogP contribution in [0.25, 0.3) is 0 Å². The molecule has 0 N–H and O–H groups in total. The van der Waals surface area contributed by atoms with Gasteiger partial charge < -0.3 is 0 Å². The van der Waals surface area contributed by atoms with E-state index in [-0.39, 0.29) is 16.2 Å². The number of rotatable bonds is 0. The van der Waals surface area contributed by atoms with E-state index in [2.05, 4.69) is 9.98 Å². The fourth-order valence-electron chi connectivity index (χ4n) is 1.22. The number of dihydropyridines is 1. The maximum absolute atomic E-state index is 11.3. The molecule has 0 spiro atoms. The number of hydrogen-bond acceptors (Lipinski definition) is 2. The highest BCUT2D eigenvalue weighted by atomic mass is 35.5. The Bertz CT molecular complexity index is 393. The maximum Gasteiger partial charge on any atom is 0.260 e. The van der Waals surface area contributed by atoms with Gasteiger partial charge in [-0.1, -0.05) is 23.2 Å². The summed E-state index contributed by atoms with van der Waals surface area (Å²) in [6.45, 7) is 0. The highest BCUT2D eigenvalue weighted by Gasteiger charge is 2.30. The molecule has 1 atom stereocenters. The van der Waals surface area contributed by atoms with Crippen molar-refractivity contribution in [3.05, 3.63) is 22.9 Å². The third-order valence-corrected chi connectivity index (χ3v) is 2.28. The summed E-state index contributed by atoms with van der Waals surface area (Å²) in [7, 11) is 0. The highest BCUT2D eigenvalue weighted by Crippen LogP contribution is 2.28. The van der Waals surface area contributed by atoms with Gasteiger partial charge in [-0.15, -0.1) is 0 Å². The van der Waals surface area contributed by atoms with E-state index < -0.39 is 5.92 Å². The Morgan fingerprint density at radius 3 is 2.92 bits per heavy atom. The quantitative estimate of drug-likeness (QED) is 0.568. The summed E-state index contributed by atoms with van der Waals surface area (Å²) in [4.78, 5) is 18.7. The summed E-state index contributed by atoms with van der Waals surface area (Å²) in [5.41, 5.74) is 0.741. The molecule has 0 aromatic rings. The van der Waals surface area contributed by atoms with Crippen molar-refractivity contribution < 1.29 is 4.79 Å². The van der Waals surface area contributed by atoms with Crippen LogP contribution in [0.5, 0.6) is 0 Å². The monoisotopic (exact) mass is 214 g/mol. The van der Waals surface area contributed by atoms with Crippen molar-refractivity contribution in [2.45, 2.75) is 0 Å². The van der Waals surface area contributed by atoms with Crippen LogP contribution in [0.3, 0.4) is 0 Å². The predicted octanol–water partition coefficient (Wildman–Crippen LogP) is 1.87. The van der Waals surface area contributed by atoms with Crippen LogP contribution in [0.4, 0.5) is 0 Å². The van der Waals surface area contributed by atoms with Gasteiger partial charge in [0, 0.05) is 6.21 Å². The molecule has 2 heterocycles. The predicted molar refractivity (Wildman–Crippen MR) is 52.3 cm³/mol. The fourth-order valence-corrected chi connectivity index (χ4v) is 1.79. The first-order valence-electron chi connectivity index (χ1n) is 3.58. The van der Waals surface area contributed by atoms with Crippen molar-refractivity contribution in [2.24, 2.45) is 15.9 Å². The van der Waals surface area contributed by atoms with Gasteiger partial charge in [-0.25, -0.2) is 9.98 Å². The second kappa shape index (κ2) is 3.09. The molecule has 2 rings (SSSR count).